The second-order valence-electron chi connectivity index (χ2n) is 5.20. The maximum absolute atomic E-state index is 12.1. The van der Waals surface area contributed by atoms with Crippen LogP contribution in [0.4, 0.5) is 0 Å². The minimum atomic E-state index is -0.718. The number of rotatable bonds is 5. The fourth-order valence-electron chi connectivity index (χ4n) is 2.45. The molecule has 0 saturated carbocycles. The van der Waals surface area contributed by atoms with Crippen molar-refractivity contribution in [1.29, 1.82) is 10.8 Å². The predicted molar refractivity (Wildman–Crippen MR) is 93.1 cm³/mol. The molecule has 4 N–H and O–H groups in total. The summed E-state index contributed by atoms with van der Waals surface area (Å²) in [6.07, 6.45) is 9.06. The van der Waals surface area contributed by atoms with E-state index in [1.807, 2.05) is 0 Å². The van der Waals surface area contributed by atoms with E-state index in [4.69, 9.17) is 16.6 Å². The van der Waals surface area contributed by atoms with Gasteiger partial charge in [-0.3, -0.25) is 30.6 Å². The van der Waals surface area contributed by atoms with E-state index in [2.05, 4.69) is 15.0 Å². The molecule has 0 spiro atoms. The third-order valence-corrected chi connectivity index (χ3v) is 3.67. The van der Waals surface area contributed by atoms with Crippen molar-refractivity contribution in [2.75, 3.05) is 0 Å². The molecule has 0 aliphatic heterocycles. The van der Waals surface area contributed by atoms with Gasteiger partial charge in [-0.1, -0.05) is 0 Å². The number of pyridine rings is 3. The van der Waals surface area contributed by atoms with Gasteiger partial charge in [-0.05, 0) is 24.3 Å². The van der Waals surface area contributed by atoms with Crippen molar-refractivity contribution in [3.63, 3.8) is 0 Å². The lowest BCUT2D eigenvalue weighted by molar-refractivity contribution is 0.1000. The molecule has 0 fully saturated rings. The molecule has 1 amide bonds. The lowest BCUT2D eigenvalue weighted by atomic mass is 9.92. The Kier molecular flexibility index (Phi) is 4.38. The molecule has 0 unspecified atom stereocenters. The molecule has 3 rings (SSSR count). The topological polar surface area (TPSA) is 129 Å². The second-order valence-corrected chi connectivity index (χ2v) is 5.20. The summed E-state index contributed by atoms with van der Waals surface area (Å²) in [6, 6.07) is 6.64. The molecule has 3 heterocycles. The third-order valence-electron chi connectivity index (χ3n) is 3.67. The van der Waals surface area contributed by atoms with E-state index in [0.29, 0.717) is 11.1 Å². The first-order valence-corrected chi connectivity index (χ1v) is 7.36. The highest BCUT2D eigenvalue weighted by Gasteiger charge is 2.21. The monoisotopic (exact) mass is 330 g/mol. The maximum Gasteiger partial charge on any atom is 0.250 e. The number of aromatic nitrogens is 3. The summed E-state index contributed by atoms with van der Waals surface area (Å²) in [5, 5.41) is 16.8. The Morgan fingerprint density at radius 3 is 1.52 bits per heavy atom. The Morgan fingerprint density at radius 1 is 0.760 bits per heavy atom. The van der Waals surface area contributed by atoms with Gasteiger partial charge in [0.15, 0.2) is 0 Å². The third kappa shape index (κ3) is 3.16. The second kappa shape index (κ2) is 6.79. The van der Waals surface area contributed by atoms with Crippen LogP contribution in [0.1, 0.15) is 32.6 Å². The van der Waals surface area contributed by atoms with Crippen molar-refractivity contribution in [3.05, 3.63) is 89.3 Å². The molecule has 122 valence electrons. The number of hydrogen-bond donors (Lipinski definition) is 3. The maximum atomic E-state index is 12.1. The first-order chi connectivity index (χ1) is 12.1. The van der Waals surface area contributed by atoms with Gasteiger partial charge in [0, 0.05) is 59.4 Å². The van der Waals surface area contributed by atoms with Crippen molar-refractivity contribution >= 4 is 17.3 Å². The molecule has 3 aromatic rings. The van der Waals surface area contributed by atoms with Crippen LogP contribution in [0.25, 0.3) is 0 Å². The minimum absolute atomic E-state index is 0.0908. The number of nitrogens with two attached hydrogens (primary N) is 1. The Labute approximate surface area is 143 Å². The number of hydrogen-bond acceptors (Lipinski definition) is 6. The van der Waals surface area contributed by atoms with Gasteiger partial charge in [-0.15, -0.1) is 0 Å². The molecule has 0 aliphatic carbocycles. The minimum Gasteiger partial charge on any atom is -0.366 e. The molecule has 25 heavy (non-hydrogen) atoms. The standard InChI is InChI=1S/C18H14N6O/c19-16(11-1-5-22-6-2-11)13-9-24-10-14(15(13)18(21)25)17(20)12-3-7-23-8-4-12/h1-10,19-20H,(H2,21,25). The van der Waals surface area contributed by atoms with Gasteiger partial charge in [0.1, 0.15) is 0 Å². The molecule has 0 aliphatic rings. The Hall–Kier alpha value is -3.74. The summed E-state index contributed by atoms with van der Waals surface area (Å²) in [4.78, 5) is 24.0. The molecule has 3 aromatic heterocycles. The summed E-state index contributed by atoms with van der Waals surface area (Å²) >= 11 is 0. The van der Waals surface area contributed by atoms with Crippen LogP contribution in [-0.2, 0) is 0 Å². The normalized spacial score (nSPS) is 10.2. The van der Waals surface area contributed by atoms with Crippen LogP contribution in [0.2, 0.25) is 0 Å². The Bertz CT molecular complexity index is 884. The van der Waals surface area contributed by atoms with Gasteiger partial charge in [-0.25, -0.2) is 0 Å². The molecule has 0 saturated heterocycles. The summed E-state index contributed by atoms with van der Waals surface area (Å²) < 4.78 is 0. The zero-order valence-corrected chi connectivity index (χ0v) is 13.1. The molecule has 0 bridgehead atoms. The molecule has 0 aromatic carbocycles. The van der Waals surface area contributed by atoms with Crippen molar-refractivity contribution in [2.45, 2.75) is 0 Å². The van der Waals surface area contributed by atoms with Crippen molar-refractivity contribution in [2.24, 2.45) is 5.73 Å². The van der Waals surface area contributed by atoms with Crippen LogP contribution in [0.5, 0.6) is 0 Å². The average Bonchev–Trinajstić information content (AvgIpc) is 2.67. The summed E-state index contributed by atoms with van der Waals surface area (Å²) in [7, 11) is 0. The van der Waals surface area contributed by atoms with Gasteiger partial charge >= 0.3 is 0 Å². The summed E-state index contributed by atoms with van der Waals surface area (Å²) in [6.45, 7) is 0. The van der Waals surface area contributed by atoms with E-state index in [9.17, 15) is 4.79 Å². The van der Waals surface area contributed by atoms with Crippen LogP contribution in [0, 0.1) is 10.8 Å². The SMILES string of the molecule is N=C(c1ccncc1)c1cncc(C(=N)c2ccncc2)c1C(N)=O. The Morgan fingerprint density at radius 2 is 1.16 bits per heavy atom. The highest BCUT2D eigenvalue weighted by atomic mass is 16.1. The van der Waals surface area contributed by atoms with E-state index >= 15 is 0 Å². The predicted octanol–water partition coefficient (Wildman–Crippen LogP) is 1.80. The number of nitrogens with one attached hydrogen (secondary N) is 2. The largest absolute Gasteiger partial charge is 0.366 e. The van der Waals surface area contributed by atoms with Gasteiger partial charge in [0.05, 0.1) is 17.0 Å². The lowest BCUT2D eigenvalue weighted by Crippen LogP contribution is -2.22. The van der Waals surface area contributed by atoms with Crippen LogP contribution >= 0.6 is 0 Å². The van der Waals surface area contributed by atoms with E-state index in [0.717, 1.165) is 0 Å². The molecule has 7 nitrogen and oxygen atoms in total. The quantitative estimate of drug-likeness (QED) is 0.616. The molecule has 0 radical (unpaired) electrons. The van der Waals surface area contributed by atoms with Crippen molar-refractivity contribution < 1.29 is 4.79 Å². The first-order valence-electron chi connectivity index (χ1n) is 7.36. The highest BCUT2D eigenvalue weighted by Crippen LogP contribution is 2.20. The fraction of sp³-hybridized carbons (Fsp3) is 0. The van der Waals surface area contributed by atoms with Crippen molar-refractivity contribution in [1.82, 2.24) is 15.0 Å². The fourth-order valence-corrected chi connectivity index (χ4v) is 2.45. The van der Waals surface area contributed by atoms with Gasteiger partial charge in [0.2, 0.25) is 5.91 Å². The van der Waals surface area contributed by atoms with Crippen LogP contribution in [0.15, 0.2) is 61.4 Å². The first kappa shape index (κ1) is 16.1. The van der Waals surface area contributed by atoms with Crippen molar-refractivity contribution in [3.8, 4) is 0 Å². The van der Waals surface area contributed by atoms with E-state index in [1.54, 1.807) is 49.1 Å². The molecular weight excluding hydrogens is 316 g/mol. The van der Waals surface area contributed by atoms with Gasteiger partial charge < -0.3 is 5.73 Å². The molecular formula is C18H14N6O. The number of carbonyl (C=O) groups is 1. The highest BCUT2D eigenvalue weighted by molar-refractivity contribution is 6.22. The summed E-state index contributed by atoms with van der Waals surface area (Å²) in [5.74, 6) is -0.718. The van der Waals surface area contributed by atoms with E-state index < -0.39 is 5.91 Å². The molecule has 7 heteroatoms. The van der Waals surface area contributed by atoms with Crippen LogP contribution < -0.4 is 5.73 Å². The number of nitrogens with zero attached hydrogens (tertiary/aromatic N) is 3. The number of primary amides is 1. The van der Waals surface area contributed by atoms with Crippen LogP contribution in [0.3, 0.4) is 0 Å². The van der Waals surface area contributed by atoms with E-state index in [1.165, 1.54) is 12.4 Å². The zero-order valence-electron chi connectivity index (χ0n) is 13.1. The van der Waals surface area contributed by atoms with E-state index in [-0.39, 0.29) is 28.1 Å². The zero-order chi connectivity index (χ0) is 17.8. The molecule has 0 atom stereocenters. The number of amides is 1. The number of carbonyl (C=O) groups excluding carboxylic acids is 1. The lowest BCUT2D eigenvalue weighted by Gasteiger charge is -2.13. The van der Waals surface area contributed by atoms with Gasteiger partial charge in [-0.2, -0.15) is 0 Å². The average molecular weight is 330 g/mol. The smallest absolute Gasteiger partial charge is 0.250 e. The van der Waals surface area contributed by atoms with Gasteiger partial charge in [0.25, 0.3) is 0 Å². The van der Waals surface area contributed by atoms with Crippen LogP contribution in [-0.4, -0.2) is 32.3 Å². The summed E-state index contributed by atoms with van der Waals surface area (Å²) in [5.41, 5.74) is 7.54. The Balaban J connectivity index is 2.14.